The molecule has 4 rings (SSSR count). The minimum absolute atomic E-state index is 0.310. The Morgan fingerprint density at radius 3 is 2.46 bits per heavy atom. The zero-order valence-corrected chi connectivity index (χ0v) is 16.2. The minimum atomic E-state index is 0.310. The molecule has 0 spiro atoms. The second-order valence-corrected chi connectivity index (χ2v) is 8.01. The third kappa shape index (κ3) is 3.30. The molecule has 0 amide bonds. The lowest BCUT2D eigenvalue weighted by Crippen LogP contribution is -3.15. The van der Waals surface area contributed by atoms with E-state index in [-0.39, 0.29) is 0 Å². The second-order valence-electron chi connectivity index (χ2n) is 8.01. The molecule has 0 unspecified atom stereocenters. The number of quaternary nitrogens is 1. The van der Waals surface area contributed by atoms with E-state index in [2.05, 4.69) is 60.6 Å². The fourth-order valence-corrected chi connectivity index (χ4v) is 4.44. The van der Waals surface area contributed by atoms with Crippen molar-refractivity contribution >= 4 is 11.5 Å². The number of aromatic nitrogens is 1. The normalized spacial score (nSPS) is 18.3. The first kappa shape index (κ1) is 17.3. The fraction of sp³-hybridized carbons (Fsp3) is 0.500. The summed E-state index contributed by atoms with van der Waals surface area (Å²) in [6.07, 6.45) is 2.52. The molecular formula is C22H30N3O+. The number of aryl methyl sites for hydroxylation is 2. The lowest BCUT2D eigenvalue weighted by molar-refractivity contribution is -0.892. The topological polar surface area (TPSA) is 29.7 Å². The van der Waals surface area contributed by atoms with Crippen molar-refractivity contribution in [3.05, 3.63) is 52.8 Å². The zero-order chi connectivity index (χ0) is 18.3. The number of piperazine rings is 1. The summed E-state index contributed by atoms with van der Waals surface area (Å²) in [5.41, 5.74) is 6.04. The van der Waals surface area contributed by atoms with Gasteiger partial charge in [-0.3, -0.25) is 4.79 Å². The monoisotopic (exact) mass is 352 g/mol. The maximum atomic E-state index is 12.9. The molecule has 0 bridgehead atoms. The van der Waals surface area contributed by atoms with Gasteiger partial charge in [0.05, 0.1) is 26.2 Å². The summed E-state index contributed by atoms with van der Waals surface area (Å²) in [7, 11) is 0. The van der Waals surface area contributed by atoms with Crippen molar-refractivity contribution in [2.45, 2.75) is 39.7 Å². The number of para-hydroxylation sites is 1. The summed E-state index contributed by atoms with van der Waals surface area (Å²) < 4.78 is 2.37. The Morgan fingerprint density at radius 1 is 1.12 bits per heavy atom. The third-order valence-electron chi connectivity index (χ3n) is 6.03. The molecular weight excluding hydrogens is 322 g/mol. The Morgan fingerprint density at radius 2 is 1.81 bits per heavy atom. The number of benzene rings is 1. The van der Waals surface area contributed by atoms with Gasteiger partial charge in [-0.25, -0.2) is 0 Å². The molecule has 1 saturated heterocycles. The first-order valence-electron chi connectivity index (χ1n) is 9.90. The highest BCUT2D eigenvalue weighted by molar-refractivity contribution is 5.98. The lowest BCUT2D eigenvalue weighted by atomic mass is 10.1. The summed E-state index contributed by atoms with van der Waals surface area (Å²) in [6, 6.07) is 11.3. The van der Waals surface area contributed by atoms with Crippen LogP contribution in [-0.2, 0) is 0 Å². The van der Waals surface area contributed by atoms with E-state index in [9.17, 15) is 4.79 Å². The zero-order valence-electron chi connectivity index (χ0n) is 16.2. The van der Waals surface area contributed by atoms with Crippen LogP contribution in [0.25, 0.3) is 0 Å². The number of nitrogens with zero attached hydrogens (tertiary/aromatic N) is 2. The number of nitrogens with one attached hydrogen (secondary N) is 1. The second kappa shape index (κ2) is 6.92. The number of anilines is 1. The average molecular weight is 353 g/mol. The van der Waals surface area contributed by atoms with Crippen molar-refractivity contribution in [1.29, 1.82) is 0 Å². The highest BCUT2D eigenvalue weighted by atomic mass is 16.1. The number of carbonyl (C=O) groups is 1. The Hall–Kier alpha value is -2.07. The maximum Gasteiger partial charge on any atom is 0.218 e. The van der Waals surface area contributed by atoms with Gasteiger partial charge in [0.15, 0.2) is 0 Å². The molecule has 0 radical (unpaired) electrons. The van der Waals surface area contributed by atoms with Crippen molar-refractivity contribution in [2.75, 3.05) is 37.6 Å². The van der Waals surface area contributed by atoms with E-state index in [0.717, 1.165) is 31.7 Å². The Kier molecular flexibility index (Phi) is 4.62. The molecule has 1 aliphatic carbocycles. The largest absolute Gasteiger partial charge is 0.360 e. The van der Waals surface area contributed by atoms with Gasteiger partial charge >= 0.3 is 0 Å². The van der Waals surface area contributed by atoms with Gasteiger partial charge in [-0.1, -0.05) is 18.2 Å². The van der Waals surface area contributed by atoms with Crippen LogP contribution in [0.2, 0.25) is 0 Å². The molecule has 0 atom stereocenters. The molecule has 1 N–H and O–H groups in total. The first-order valence-corrected chi connectivity index (χ1v) is 9.90. The van der Waals surface area contributed by atoms with Crippen molar-refractivity contribution in [3.8, 4) is 0 Å². The van der Waals surface area contributed by atoms with Crippen LogP contribution in [0, 0.1) is 20.8 Å². The molecule has 2 aliphatic rings. The number of carbonyl (C=O) groups excluding carboxylic acids is 1. The van der Waals surface area contributed by atoms with E-state index in [1.165, 1.54) is 40.4 Å². The third-order valence-corrected chi connectivity index (χ3v) is 6.03. The molecule has 1 saturated carbocycles. The van der Waals surface area contributed by atoms with E-state index in [1.54, 1.807) is 0 Å². The Bertz CT molecular complexity index is 811. The summed E-state index contributed by atoms with van der Waals surface area (Å²) >= 11 is 0. The van der Waals surface area contributed by atoms with E-state index in [0.29, 0.717) is 18.4 Å². The van der Waals surface area contributed by atoms with Crippen LogP contribution >= 0.6 is 0 Å². The molecule has 2 heterocycles. The minimum Gasteiger partial charge on any atom is -0.360 e. The molecule has 2 fully saturated rings. The van der Waals surface area contributed by atoms with E-state index in [4.69, 9.17) is 0 Å². The lowest BCUT2D eigenvalue weighted by Gasteiger charge is -2.34. The molecule has 4 nitrogen and oxygen atoms in total. The standard InChI is InChI=1S/C22H29N3O/c1-16-6-4-5-7-21(16)24-12-10-23(11-13-24)15-22(26)20-14-17(2)25(18(20)3)19-8-9-19/h4-7,14,19H,8-13,15H2,1-3H3/p+1. The summed E-state index contributed by atoms with van der Waals surface area (Å²) in [5.74, 6) is 0.310. The SMILES string of the molecule is Cc1ccccc1N1CC[NH+](CC(=O)c2cc(C)n(C3CC3)c2C)CC1. The summed E-state index contributed by atoms with van der Waals surface area (Å²) in [6.45, 7) is 11.1. The van der Waals surface area contributed by atoms with Crippen LogP contribution in [0.15, 0.2) is 30.3 Å². The molecule has 1 aliphatic heterocycles. The van der Waals surface area contributed by atoms with Gasteiger partial charge in [0.2, 0.25) is 5.78 Å². The van der Waals surface area contributed by atoms with Crippen molar-refractivity contribution in [2.24, 2.45) is 0 Å². The van der Waals surface area contributed by atoms with Gasteiger partial charge in [0.1, 0.15) is 6.54 Å². The van der Waals surface area contributed by atoms with Crippen LogP contribution < -0.4 is 9.80 Å². The smallest absolute Gasteiger partial charge is 0.218 e. The molecule has 2 aromatic rings. The highest BCUT2D eigenvalue weighted by Crippen LogP contribution is 2.38. The highest BCUT2D eigenvalue weighted by Gasteiger charge is 2.30. The van der Waals surface area contributed by atoms with Gasteiger partial charge in [-0.2, -0.15) is 0 Å². The quantitative estimate of drug-likeness (QED) is 0.837. The van der Waals surface area contributed by atoms with Crippen molar-refractivity contribution < 1.29 is 9.69 Å². The average Bonchev–Trinajstić information content (AvgIpc) is 3.41. The number of ketones is 1. The number of Topliss-reactive ketones (excluding diaryl/α,β-unsaturated/α-hetero) is 1. The van der Waals surface area contributed by atoms with E-state index in [1.807, 2.05) is 0 Å². The summed E-state index contributed by atoms with van der Waals surface area (Å²) in [5, 5.41) is 0. The van der Waals surface area contributed by atoms with Crippen LogP contribution in [0.5, 0.6) is 0 Å². The van der Waals surface area contributed by atoms with Crippen molar-refractivity contribution in [1.82, 2.24) is 4.57 Å². The summed E-state index contributed by atoms with van der Waals surface area (Å²) in [4.78, 5) is 16.8. The molecule has 1 aromatic heterocycles. The molecule has 26 heavy (non-hydrogen) atoms. The molecule has 4 heteroatoms. The van der Waals surface area contributed by atoms with Crippen LogP contribution in [0.4, 0.5) is 5.69 Å². The Labute approximate surface area is 156 Å². The van der Waals surface area contributed by atoms with E-state index < -0.39 is 0 Å². The van der Waals surface area contributed by atoms with E-state index >= 15 is 0 Å². The first-order chi connectivity index (χ1) is 12.5. The van der Waals surface area contributed by atoms with Crippen LogP contribution in [0.3, 0.4) is 0 Å². The maximum absolute atomic E-state index is 12.9. The van der Waals surface area contributed by atoms with Gasteiger partial charge in [-0.05, 0) is 51.3 Å². The predicted molar refractivity (Wildman–Crippen MR) is 105 cm³/mol. The van der Waals surface area contributed by atoms with Gasteiger partial charge in [0.25, 0.3) is 0 Å². The van der Waals surface area contributed by atoms with Crippen molar-refractivity contribution in [3.63, 3.8) is 0 Å². The number of hydrogen-bond acceptors (Lipinski definition) is 2. The number of hydrogen-bond donors (Lipinski definition) is 1. The van der Waals surface area contributed by atoms with Gasteiger partial charge in [-0.15, -0.1) is 0 Å². The predicted octanol–water partition coefficient (Wildman–Crippen LogP) is 2.34. The molecule has 1 aromatic carbocycles. The fourth-order valence-electron chi connectivity index (χ4n) is 4.44. The molecule has 138 valence electrons. The van der Waals surface area contributed by atoms with Gasteiger partial charge in [0, 0.05) is 28.7 Å². The van der Waals surface area contributed by atoms with Crippen LogP contribution in [-0.4, -0.2) is 43.1 Å². The van der Waals surface area contributed by atoms with Gasteiger partial charge < -0.3 is 14.4 Å². The number of rotatable bonds is 5. The Balaban J connectivity index is 1.38. The van der Waals surface area contributed by atoms with Crippen LogP contribution in [0.1, 0.15) is 46.2 Å².